The number of rotatable bonds is 9. The van der Waals surface area contributed by atoms with Gasteiger partial charge in [-0.1, -0.05) is 55.5 Å². The zero-order chi connectivity index (χ0) is 26.4. The number of ether oxygens (including phenoxy) is 1. The van der Waals surface area contributed by atoms with E-state index < -0.39 is 11.7 Å². The molecule has 4 rings (SSSR count). The molecule has 0 fully saturated rings. The van der Waals surface area contributed by atoms with Gasteiger partial charge in [0.2, 0.25) is 0 Å². The van der Waals surface area contributed by atoms with Crippen molar-refractivity contribution < 1.29 is 9.53 Å². The molecule has 2 aromatic carbocycles. The molecule has 0 radical (unpaired) electrons. The van der Waals surface area contributed by atoms with E-state index >= 15 is 0 Å². The van der Waals surface area contributed by atoms with Crippen molar-refractivity contribution in [1.82, 2.24) is 30.6 Å². The summed E-state index contributed by atoms with van der Waals surface area (Å²) in [5.74, 6) is 1.61. The topological polar surface area (TPSA) is 108 Å². The molecule has 4 aromatic rings. The van der Waals surface area contributed by atoms with Crippen LogP contribution in [0.4, 0.5) is 4.79 Å². The van der Waals surface area contributed by atoms with Crippen molar-refractivity contribution >= 4 is 6.09 Å². The predicted octanol–water partition coefficient (Wildman–Crippen LogP) is 6.22. The molecule has 8 heteroatoms. The van der Waals surface area contributed by atoms with Crippen molar-refractivity contribution in [3.05, 3.63) is 72.6 Å². The largest absolute Gasteiger partial charge is 0.444 e. The highest BCUT2D eigenvalue weighted by molar-refractivity contribution is 5.71. The number of nitrogens with one attached hydrogen (secondary N) is 4. The number of imidazole rings is 2. The van der Waals surface area contributed by atoms with Crippen molar-refractivity contribution in [3.63, 3.8) is 0 Å². The van der Waals surface area contributed by atoms with Crippen LogP contribution < -0.4 is 10.6 Å². The van der Waals surface area contributed by atoms with E-state index in [0.717, 1.165) is 59.0 Å². The average molecular weight is 501 g/mol. The number of carbonyl (C=O) groups excluding carboxylic acids is 1. The van der Waals surface area contributed by atoms with E-state index in [1.807, 2.05) is 33.9 Å². The number of H-pyrrole nitrogens is 2. The van der Waals surface area contributed by atoms with Crippen LogP contribution in [0.3, 0.4) is 0 Å². The van der Waals surface area contributed by atoms with Crippen molar-refractivity contribution in [2.24, 2.45) is 0 Å². The maximum Gasteiger partial charge on any atom is 0.408 e. The Morgan fingerprint density at radius 1 is 0.892 bits per heavy atom. The molecule has 194 valence electrons. The summed E-state index contributed by atoms with van der Waals surface area (Å²) >= 11 is 0. The Kier molecular flexibility index (Phi) is 8.08. The molecule has 0 saturated heterocycles. The van der Waals surface area contributed by atoms with E-state index in [1.165, 1.54) is 0 Å². The summed E-state index contributed by atoms with van der Waals surface area (Å²) < 4.78 is 5.33. The van der Waals surface area contributed by atoms with Crippen LogP contribution in [0.1, 0.15) is 58.7 Å². The maximum absolute atomic E-state index is 12.1. The van der Waals surface area contributed by atoms with Crippen LogP contribution in [0.5, 0.6) is 0 Å². The van der Waals surface area contributed by atoms with Crippen LogP contribution in [-0.2, 0) is 11.3 Å². The van der Waals surface area contributed by atoms with Crippen LogP contribution in [0.15, 0.2) is 60.9 Å². The third kappa shape index (κ3) is 7.07. The molecule has 0 aliphatic rings. The zero-order valence-corrected chi connectivity index (χ0v) is 22.2. The smallest absolute Gasteiger partial charge is 0.408 e. The Hall–Kier alpha value is -3.91. The molecule has 0 bridgehead atoms. The first kappa shape index (κ1) is 26.2. The Morgan fingerprint density at radius 2 is 1.43 bits per heavy atom. The second-order valence-corrected chi connectivity index (χ2v) is 10.1. The van der Waals surface area contributed by atoms with Crippen molar-refractivity contribution in [2.75, 3.05) is 6.54 Å². The molecular weight excluding hydrogens is 464 g/mol. The fourth-order valence-electron chi connectivity index (χ4n) is 3.92. The van der Waals surface area contributed by atoms with Crippen LogP contribution >= 0.6 is 0 Å². The number of carbonyl (C=O) groups is 1. The number of hydrogen-bond acceptors (Lipinski definition) is 5. The fraction of sp³-hybridized carbons (Fsp3) is 0.345. The number of alkyl carbamates (subject to hydrolysis) is 1. The normalized spacial score (nSPS) is 12.4. The van der Waals surface area contributed by atoms with Gasteiger partial charge >= 0.3 is 6.09 Å². The third-order valence-electron chi connectivity index (χ3n) is 5.81. The minimum absolute atomic E-state index is 0.306. The van der Waals surface area contributed by atoms with Crippen LogP contribution in [0.25, 0.3) is 33.6 Å². The highest BCUT2D eigenvalue weighted by atomic mass is 16.6. The highest BCUT2D eigenvalue weighted by Gasteiger charge is 2.19. The lowest BCUT2D eigenvalue weighted by atomic mass is 10.0. The molecule has 1 amide bonds. The summed E-state index contributed by atoms with van der Waals surface area (Å²) in [6, 6.07) is 16.5. The monoisotopic (exact) mass is 500 g/mol. The molecular formula is C29H36N6O2. The van der Waals surface area contributed by atoms with Gasteiger partial charge in [0.25, 0.3) is 0 Å². The summed E-state index contributed by atoms with van der Waals surface area (Å²) in [5.41, 5.74) is 5.75. The second kappa shape index (κ2) is 11.4. The van der Waals surface area contributed by atoms with E-state index in [2.05, 4.69) is 86.0 Å². The van der Waals surface area contributed by atoms with Crippen molar-refractivity contribution in [2.45, 2.75) is 59.2 Å². The summed E-state index contributed by atoms with van der Waals surface area (Å²) in [6.07, 6.45) is 4.30. The third-order valence-corrected chi connectivity index (χ3v) is 5.81. The van der Waals surface area contributed by atoms with Crippen molar-refractivity contribution in [1.29, 1.82) is 0 Å². The van der Waals surface area contributed by atoms with Gasteiger partial charge in [-0.25, -0.2) is 14.8 Å². The Morgan fingerprint density at radius 3 is 2.00 bits per heavy atom. The maximum atomic E-state index is 12.1. The lowest BCUT2D eigenvalue weighted by molar-refractivity contribution is 0.0506. The first-order valence-corrected chi connectivity index (χ1v) is 12.7. The van der Waals surface area contributed by atoms with E-state index in [-0.39, 0.29) is 6.04 Å². The number of aromatic amines is 2. The van der Waals surface area contributed by atoms with Gasteiger partial charge < -0.3 is 25.3 Å². The quantitative estimate of drug-likeness (QED) is 0.204. The molecule has 1 atom stereocenters. The lowest BCUT2D eigenvalue weighted by Crippen LogP contribution is -2.34. The molecule has 37 heavy (non-hydrogen) atoms. The van der Waals surface area contributed by atoms with Gasteiger partial charge in [-0.2, -0.15) is 0 Å². The molecule has 4 N–H and O–H groups in total. The van der Waals surface area contributed by atoms with Crippen molar-refractivity contribution in [3.8, 4) is 33.6 Å². The molecule has 8 nitrogen and oxygen atoms in total. The molecule has 0 aliphatic heterocycles. The molecule has 0 saturated carbocycles. The van der Waals surface area contributed by atoms with Gasteiger partial charge in [0, 0.05) is 0 Å². The van der Waals surface area contributed by atoms with Gasteiger partial charge in [0.1, 0.15) is 17.2 Å². The molecule has 0 aliphatic carbocycles. The van der Waals surface area contributed by atoms with Crippen LogP contribution in [-0.4, -0.2) is 38.2 Å². The summed E-state index contributed by atoms with van der Waals surface area (Å²) in [5, 5.41) is 6.18. The van der Waals surface area contributed by atoms with Gasteiger partial charge in [-0.05, 0) is 62.9 Å². The van der Waals surface area contributed by atoms with Gasteiger partial charge in [0.05, 0.1) is 36.4 Å². The van der Waals surface area contributed by atoms with Crippen LogP contribution in [0.2, 0.25) is 0 Å². The zero-order valence-electron chi connectivity index (χ0n) is 22.2. The Labute approximate surface area is 218 Å². The van der Waals surface area contributed by atoms with Crippen LogP contribution in [0, 0.1) is 0 Å². The van der Waals surface area contributed by atoms with E-state index in [0.29, 0.717) is 5.82 Å². The summed E-state index contributed by atoms with van der Waals surface area (Å²) in [7, 11) is 0. The van der Waals surface area contributed by atoms with E-state index in [1.54, 1.807) is 6.20 Å². The standard InChI is InChI=1S/C29H36N6O2/c1-6-15-30-18-26-31-16-24(34-26)22-11-7-20(8-12-22)21-9-13-23(14-10-21)25-17-32-27(35-25)19(2)33-28(36)37-29(3,4)5/h7-14,16-17,19,30H,6,15,18H2,1-5H3,(H,31,34)(H,32,35)(H,33,36). The van der Waals surface area contributed by atoms with E-state index in [4.69, 9.17) is 4.74 Å². The minimum atomic E-state index is -0.547. The number of nitrogens with zero attached hydrogens (tertiary/aromatic N) is 2. The fourth-order valence-corrected chi connectivity index (χ4v) is 3.92. The summed E-state index contributed by atoms with van der Waals surface area (Å²) in [4.78, 5) is 27.7. The second-order valence-electron chi connectivity index (χ2n) is 10.1. The Balaban J connectivity index is 1.39. The number of amides is 1. The molecule has 2 heterocycles. The Bertz CT molecular complexity index is 1300. The van der Waals surface area contributed by atoms with Gasteiger partial charge in [-0.3, -0.25) is 0 Å². The van der Waals surface area contributed by atoms with E-state index in [9.17, 15) is 4.79 Å². The molecule has 0 spiro atoms. The molecule has 2 aromatic heterocycles. The SMILES string of the molecule is CCCNCc1ncc(-c2ccc(-c3ccc(-c4cnc(C(C)NC(=O)OC(C)(C)C)[nH]4)cc3)cc2)[nH]1. The number of aromatic nitrogens is 4. The summed E-state index contributed by atoms with van der Waals surface area (Å²) in [6.45, 7) is 11.3. The lowest BCUT2D eigenvalue weighted by Gasteiger charge is -2.21. The first-order valence-electron chi connectivity index (χ1n) is 12.7. The first-order chi connectivity index (χ1) is 17.7. The van der Waals surface area contributed by atoms with Gasteiger partial charge in [-0.15, -0.1) is 0 Å². The predicted molar refractivity (Wildman–Crippen MR) is 147 cm³/mol. The minimum Gasteiger partial charge on any atom is -0.444 e. The highest BCUT2D eigenvalue weighted by Crippen LogP contribution is 2.27. The number of benzene rings is 2. The number of hydrogen-bond donors (Lipinski definition) is 4. The van der Waals surface area contributed by atoms with Gasteiger partial charge in [0.15, 0.2) is 0 Å². The molecule has 1 unspecified atom stereocenters. The average Bonchev–Trinajstić information content (AvgIpc) is 3.54.